The average molecular weight is 608 g/mol. The normalized spacial score (nSPS) is 13.2. The first kappa shape index (κ1) is 26.2. The molecule has 0 amide bonds. The highest BCUT2D eigenvalue weighted by Gasteiger charge is 2.33. The summed E-state index contributed by atoms with van der Waals surface area (Å²) >= 11 is 1.22. The lowest BCUT2D eigenvalue weighted by Crippen LogP contribution is -2.02. The number of nitrogens with zero attached hydrogens (tertiary/aromatic N) is 4. The minimum atomic E-state index is -4.46. The molecule has 3 aromatic heterocycles. The van der Waals surface area contributed by atoms with E-state index in [1.165, 1.54) is 12.1 Å². The quantitative estimate of drug-likeness (QED) is 0.158. The molecule has 42 heavy (non-hydrogen) atoms. The van der Waals surface area contributed by atoms with Crippen molar-refractivity contribution in [1.29, 1.82) is 10.7 Å². The van der Waals surface area contributed by atoms with Crippen LogP contribution in [0.1, 0.15) is 9.75 Å². The number of rotatable bonds is 2. The summed E-state index contributed by atoms with van der Waals surface area (Å²) in [6.07, 6.45) is -7.15. The van der Waals surface area contributed by atoms with Crippen LogP contribution in [0.15, 0.2) is 65.7 Å². The highest BCUT2D eigenvalue weighted by molar-refractivity contribution is 7.16. The topological polar surface area (TPSA) is 85.8 Å². The molecule has 0 aliphatic rings. The Balaban J connectivity index is 1.43. The van der Waals surface area contributed by atoms with E-state index in [9.17, 15) is 31.6 Å². The molecular formula is C29H11F6N5S2. The predicted octanol–water partition coefficient (Wildman–Crippen LogP) is 8.32. The first-order valence-corrected chi connectivity index (χ1v) is 13.7. The van der Waals surface area contributed by atoms with Crippen LogP contribution in [0.3, 0.4) is 0 Å². The summed E-state index contributed by atoms with van der Waals surface area (Å²) in [4.78, 5) is 12.8. The van der Waals surface area contributed by atoms with Gasteiger partial charge < -0.3 is 0 Å². The minimum absolute atomic E-state index is 0.0480. The summed E-state index contributed by atoms with van der Waals surface area (Å²) in [5.41, 5.74) is 2.33. The summed E-state index contributed by atoms with van der Waals surface area (Å²) < 4.78 is 78.9. The van der Waals surface area contributed by atoms with Gasteiger partial charge in [-0.05, 0) is 47.5 Å². The molecule has 0 radical (unpaired) electrons. The number of hydrogen-bond acceptors (Lipinski definition) is 7. The molecule has 0 aliphatic heterocycles. The van der Waals surface area contributed by atoms with Gasteiger partial charge in [0.2, 0.25) is 6.19 Å². The zero-order chi connectivity index (χ0) is 29.6. The van der Waals surface area contributed by atoms with E-state index in [1.807, 2.05) is 0 Å². The molecule has 0 fully saturated rings. The Bertz CT molecular complexity index is 2380. The molecule has 0 saturated carbocycles. The van der Waals surface area contributed by atoms with Crippen molar-refractivity contribution in [2.45, 2.75) is 12.4 Å². The van der Waals surface area contributed by atoms with Gasteiger partial charge in [-0.2, -0.15) is 36.6 Å². The van der Waals surface area contributed by atoms with E-state index in [2.05, 4.69) is 4.99 Å². The Morgan fingerprint density at radius 3 is 1.67 bits per heavy atom. The number of benzene rings is 2. The second kappa shape index (κ2) is 8.91. The van der Waals surface area contributed by atoms with E-state index in [0.717, 1.165) is 12.1 Å². The fraction of sp³-hybridized carbons (Fsp3) is 0.0690. The van der Waals surface area contributed by atoms with Crippen molar-refractivity contribution >= 4 is 66.3 Å². The Hall–Kier alpha value is -4.67. The number of fused-ring (bicyclic) bond motifs is 6. The number of alkyl halides is 6. The van der Waals surface area contributed by atoms with E-state index in [4.69, 9.17) is 15.4 Å². The van der Waals surface area contributed by atoms with Gasteiger partial charge >= 0.3 is 12.4 Å². The van der Waals surface area contributed by atoms with E-state index >= 15 is 0 Å². The van der Waals surface area contributed by atoms with E-state index in [0.29, 0.717) is 81.6 Å². The van der Waals surface area contributed by atoms with Crippen molar-refractivity contribution < 1.29 is 26.3 Å². The third-order valence-corrected chi connectivity index (χ3v) is 9.29. The minimum Gasteiger partial charge on any atom is -0.298 e. The molecule has 206 valence electrons. The summed E-state index contributed by atoms with van der Waals surface area (Å²) in [5.74, 6) is 0. The fourth-order valence-electron chi connectivity index (χ4n) is 5.07. The van der Waals surface area contributed by atoms with Crippen LogP contribution in [0, 0.1) is 16.9 Å². The zero-order valence-corrected chi connectivity index (χ0v) is 22.3. The Morgan fingerprint density at radius 1 is 0.643 bits per heavy atom. The standard InChI is InChI=1S/C29H11F6N5S2/c30-28(31,32)20-7-5-18(41-20)12-1-3-14-16(9-12)22(37)26-24(14)40-27-23(38-11-36)17-10-13(2-4-15(17)25(27)39-26)19-6-8-21(42-19)29(33,34)35/h1-10,37H. The lowest BCUT2D eigenvalue weighted by Gasteiger charge is -2.01. The van der Waals surface area contributed by atoms with Gasteiger partial charge in [0.05, 0.1) is 16.4 Å². The maximum Gasteiger partial charge on any atom is 0.425 e. The first-order chi connectivity index (χ1) is 19.9. The van der Waals surface area contributed by atoms with Crippen molar-refractivity contribution in [3.63, 3.8) is 0 Å². The molecule has 0 atom stereocenters. The monoisotopic (exact) mass is 607 g/mol. The number of hydrogen-bond donors (Lipinski definition) is 1. The van der Waals surface area contributed by atoms with Gasteiger partial charge in [0.15, 0.2) is 0 Å². The van der Waals surface area contributed by atoms with Crippen LogP contribution in [0.5, 0.6) is 0 Å². The van der Waals surface area contributed by atoms with Gasteiger partial charge in [-0.15, -0.1) is 22.7 Å². The molecule has 13 heteroatoms. The van der Waals surface area contributed by atoms with Crippen LogP contribution in [-0.4, -0.2) is 9.97 Å². The van der Waals surface area contributed by atoms with E-state index in [1.54, 1.807) is 42.6 Å². The SMILES string of the molecule is N#CN=c1c2cc(-c3ccc(C(F)(F)F)s3)ccc2c2nc3c(=N)c4cc(-c5ccc(C(F)(F)F)s5)ccc4c3nc12. The molecule has 1 N–H and O–H groups in total. The molecule has 0 bridgehead atoms. The van der Waals surface area contributed by atoms with E-state index in [-0.39, 0.29) is 16.2 Å². The van der Waals surface area contributed by atoms with Crippen LogP contribution in [0.4, 0.5) is 26.3 Å². The van der Waals surface area contributed by atoms with Gasteiger partial charge in [-0.25, -0.2) is 9.97 Å². The molecule has 7 aromatic rings. The highest BCUT2D eigenvalue weighted by Crippen LogP contribution is 2.41. The zero-order valence-electron chi connectivity index (χ0n) is 20.6. The van der Waals surface area contributed by atoms with Crippen LogP contribution in [0.2, 0.25) is 0 Å². The third-order valence-electron chi connectivity index (χ3n) is 6.93. The van der Waals surface area contributed by atoms with Crippen molar-refractivity contribution in [1.82, 2.24) is 9.97 Å². The van der Waals surface area contributed by atoms with Crippen LogP contribution >= 0.6 is 22.7 Å². The molecule has 5 nitrogen and oxygen atoms in total. The van der Waals surface area contributed by atoms with Crippen LogP contribution < -0.4 is 10.7 Å². The molecule has 7 rings (SSSR count). The third kappa shape index (κ3) is 3.98. The smallest absolute Gasteiger partial charge is 0.298 e. The second-order valence-electron chi connectivity index (χ2n) is 9.40. The highest BCUT2D eigenvalue weighted by atomic mass is 32.1. The fourth-order valence-corrected chi connectivity index (χ4v) is 6.81. The van der Waals surface area contributed by atoms with Crippen molar-refractivity contribution in [3.05, 3.63) is 81.1 Å². The lowest BCUT2D eigenvalue weighted by molar-refractivity contribution is -0.135. The van der Waals surface area contributed by atoms with Gasteiger partial charge in [-0.3, -0.25) is 5.41 Å². The summed E-state index contributed by atoms with van der Waals surface area (Å²) in [6.45, 7) is 0. The molecule has 3 heterocycles. The summed E-state index contributed by atoms with van der Waals surface area (Å²) in [7, 11) is 0. The van der Waals surface area contributed by atoms with E-state index < -0.39 is 22.1 Å². The number of nitrogens with one attached hydrogen (secondary N) is 1. The Labute approximate surface area is 238 Å². The number of halogens is 6. The maximum absolute atomic E-state index is 13.2. The number of nitriles is 1. The number of thiophene rings is 2. The summed E-state index contributed by atoms with van der Waals surface area (Å²) in [6, 6.07) is 14.8. The molecule has 4 aromatic carbocycles. The van der Waals surface area contributed by atoms with Crippen molar-refractivity contribution in [2.24, 2.45) is 4.99 Å². The Morgan fingerprint density at radius 2 is 1.14 bits per heavy atom. The van der Waals surface area contributed by atoms with Crippen LogP contribution in [0.25, 0.3) is 64.5 Å². The summed E-state index contributed by atoms with van der Waals surface area (Å²) in [5, 5.41) is 20.6. The predicted molar refractivity (Wildman–Crippen MR) is 148 cm³/mol. The van der Waals surface area contributed by atoms with Gasteiger partial charge in [0, 0.05) is 31.3 Å². The van der Waals surface area contributed by atoms with Gasteiger partial charge in [-0.1, -0.05) is 24.3 Å². The maximum atomic E-state index is 13.2. The largest absolute Gasteiger partial charge is 0.425 e. The molecular weight excluding hydrogens is 596 g/mol. The lowest BCUT2D eigenvalue weighted by atomic mass is 10.1. The average Bonchev–Trinajstić information content (AvgIpc) is 3.73. The van der Waals surface area contributed by atoms with Gasteiger partial charge in [0.25, 0.3) is 0 Å². The van der Waals surface area contributed by atoms with Crippen molar-refractivity contribution in [2.75, 3.05) is 0 Å². The van der Waals surface area contributed by atoms with Crippen molar-refractivity contribution in [3.8, 4) is 27.1 Å². The number of aromatic nitrogens is 2. The van der Waals surface area contributed by atoms with Gasteiger partial charge in [0.1, 0.15) is 26.1 Å². The molecule has 0 spiro atoms. The van der Waals surface area contributed by atoms with Crippen LogP contribution in [-0.2, 0) is 12.4 Å². The Kier molecular flexibility index (Phi) is 5.57. The molecule has 0 aliphatic carbocycles. The second-order valence-corrected chi connectivity index (χ2v) is 11.6. The molecule has 0 saturated heterocycles. The molecule has 0 unspecified atom stereocenters. The first-order valence-electron chi connectivity index (χ1n) is 12.1.